The molecule has 0 fully saturated rings. The number of carbonyl (C=O) groups excluding carboxylic acids is 1. The quantitative estimate of drug-likeness (QED) is 0.718. The molecule has 0 aliphatic heterocycles. The first-order valence-corrected chi connectivity index (χ1v) is 4.94. The first-order chi connectivity index (χ1) is 8.65. The van der Waals surface area contributed by atoms with Gasteiger partial charge in [0.25, 0.3) is 5.91 Å². The number of amides is 1. The molecule has 0 aromatic carbocycles. The minimum Gasteiger partial charge on any atom is -0.480 e. The van der Waals surface area contributed by atoms with Crippen LogP contribution in [0.2, 0.25) is 0 Å². The van der Waals surface area contributed by atoms with Crippen LogP contribution in [0.4, 0.5) is 0 Å². The van der Waals surface area contributed by atoms with Crippen LogP contribution in [-0.4, -0.2) is 37.1 Å². The molecule has 2 rings (SSSR count). The van der Waals surface area contributed by atoms with Gasteiger partial charge < -0.3 is 14.9 Å². The number of aromatic nitrogens is 4. The number of hydrogen-bond acceptors (Lipinski definition) is 6. The fourth-order valence-corrected chi connectivity index (χ4v) is 1.23. The predicted octanol–water partition coefficient (Wildman–Crippen LogP) is -0.719. The summed E-state index contributed by atoms with van der Waals surface area (Å²) >= 11 is 0. The number of nitrogens with zero attached hydrogens (tertiary/aromatic N) is 4. The molecule has 0 bridgehead atoms. The van der Waals surface area contributed by atoms with Crippen LogP contribution in [0, 0.1) is 0 Å². The summed E-state index contributed by atoms with van der Waals surface area (Å²) in [4.78, 5) is 21.9. The van der Waals surface area contributed by atoms with Crippen molar-refractivity contribution in [3.63, 3.8) is 0 Å². The number of aliphatic carboxylic acids is 1. The van der Waals surface area contributed by atoms with E-state index in [0.29, 0.717) is 5.69 Å². The predicted molar refractivity (Wildman–Crippen MR) is 55.3 cm³/mol. The van der Waals surface area contributed by atoms with Crippen molar-refractivity contribution >= 4 is 11.9 Å². The van der Waals surface area contributed by atoms with Gasteiger partial charge in [0.1, 0.15) is 18.5 Å². The van der Waals surface area contributed by atoms with Gasteiger partial charge in [0.2, 0.25) is 0 Å². The Labute approximate surface area is 100 Å². The molecule has 2 heterocycles. The molecule has 0 aliphatic rings. The fraction of sp³-hybridized carbons (Fsp3) is 0.222. The minimum atomic E-state index is -1.02. The Morgan fingerprint density at radius 1 is 1.50 bits per heavy atom. The van der Waals surface area contributed by atoms with Gasteiger partial charge in [-0.25, -0.2) is 4.68 Å². The third-order valence-corrected chi connectivity index (χ3v) is 1.98. The zero-order valence-electron chi connectivity index (χ0n) is 9.11. The molecule has 1 amide bonds. The van der Waals surface area contributed by atoms with Gasteiger partial charge in [0, 0.05) is 6.07 Å². The maximum absolute atomic E-state index is 11.5. The molecule has 9 heteroatoms. The van der Waals surface area contributed by atoms with Crippen LogP contribution >= 0.6 is 0 Å². The first kappa shape index (κ1) is 11.8. The monoisotopic (exact) mass is 251 g/mol. The second kappa shape index (κ2) is 5.08. The minimum absolute atomic E-state index is 0.130. The van der Waals surface area contributed by atoms with E-state index >= 15 is 0 Å². The standard InChI is InChI=1S/C9H9N5O4/c15-8(16)5-14-4-6(11-13-14)3-10-9(17)7-1-2-18-12-7/h1-2,4H,3,5H2,(H,10,17)(H,15,16). The van der Waals surface area contributed by atoms with E-state index in [2.05, 4.69) is 25.3 Å². The molecular formula is C9H9N5O4. The average Bonchev–Trinajstić information content (AvgIpc) is 2.95. The summed E-state index contributed by atoms with van der Waals surface area (Å²) in [7, 11) is 0. The van der Waals surface area contributed by atoms with Crippen molar-refractivity contribution in [2.75, 3.05) is 0 Å². The maximum atomic E-state index is 11.5. The third kappa shape index (κ3) is 2.90. The Bertz CT molecular complexity index is 547. The van der Waals surface area contributed by atoms with Crippen LogP contribution in [-0.2, 0) is 17.9 Å². The molecule has 0 unspecified atom stereocenters. The molecule has 0 spiro atoms. The van der Waals surface area contributed by atoms with Crippen LogP contribution in [0.3, 0.4) is 0 Å². The van der Waals surface area contributed by atoms with Crippen LogP contribution < -0.4 is 5.32 Å². The van der Waals surface area contributed by atoms with Crippen molar-refractivity contribution in [1.29, 1.82) is 0 Å². The summed E-state index contributed by atoms with van der Waals surface area (Å²) < 4.78 is 5.69. The molecule has 94 valence electrons. The van der Waals surface area contributed by atoms with Gasteiger partial charge in [0.15, 0.2) is 5.69 Å². The lowest BCUT2D eigenvalue weighted by atomic mass is 10.4. The lowest BCUT2D eigenvalue weighted by molar-refractivity contribution is -0.137. The molecule has 18 heavy (non-hydrogen) atoms. The van der Waals surface area contributed by atoms with Gasteiger partial charge in [-0.3, -0.25) is 9.59 Å². The summed E-state index contributed by atoms with van der Waals surface area (Å²) in [5.41, 5.74) is 0.612. The van der Waals surface area contributed by atoms with Crippen LogP contribution in [0.25, 0.3) is 0 Å². The lowest BCUT2D eigenvalue weighted by Gasteiger charge is -1.98. The van der Waals surface area contributed by atoms with E-state index in [1.807, 2.05) is 0 Å². The summed E-state index contributed by atoms with van der Waals surface area (Å²) in [5.74, 6) is -1.42. The Hall–Kier alpha value is -2.71. The number of rotatable bonds is 5. The molecule has 2 aromatic heterocycles. The Morgan fingerprint density at radius 3 is 3.00 bits per heavy atom. The molecule has 0 aliphatic carbocycles. The highest BCUT2D eigenvalue weighted by Gasteiger charge is 2.10. The molecule has 2 aromatic rings. The molecular weight excluding hydrogens is 242 g/mol. The summed E-state index contributed by atoms with van der Waals surface area (Å²) in [6.45, 7) is -0.143. The van der Waals surface area contributed by atoms with Gasteiger partial charge in [-0.2, -0.15) is 0 Å². The van der Waals surface area contributed by atoms with Gasteiger partial charge in [-0.1, -0.05) is 10.4 Å². The Kier molecular flexibility index (Phi) is 3.32. The zero-order valence-corrected chi connectivity index (χ0v) is 9.11. The summed E-state index contributed by atoms with van der Waals surface area (Å²) in [5, 5.41) is 21.9. The van der Waals surface area contributed by atoms with E-state index in [9.17, 15) is 9.59 Å². The van der Waals surface area contributed by atoms with E-state index in [0.717, 1.165) is 0 Å². The van der Waals surface area contributed by atoms with E-state index < -0.39 is 11.9 Å². The smallest absolute Gasteiger partial charge is 0.325 e. The normalized spacial score (nSPS) is 10.2. The number of hydrogen-bond donors (Lipinski definition) is 2. The van der Waals surface area contributed by atoms with E-state index in [1.165, 1.54) is 23.2 Å². The van der Waals surface area contributed by atoms with Crippen molar-refractivity contribution in [2.24, 2.45) is 0 Å². The Morgan fingerprint density at radius 2 is 2.33 bits per heavy atom. The second-order valence-electron chi connectivity index (χ2n) is 3.37. The first-order valence-electron chi connectivity index (χ1n) is 4.94. The van der Waals surface area contributed by atoms with E-state index in [-0.39, 0.29) is 18.8 Å². The SMILES string of the molecule is O=C(O)Cn1cc(CNC(=O)c2ccon2)nn1. The number of carbonyl (C=O) groups is 2. The van der Waals surface area contributed by atoms with E-state index in [1.54, 1.807) is 0 Å². The van der Waals surface area contributed by atoms with Gasteiger partial charge in [-0.15, -0.1) is 5.10 Å². The summed E-state index contributed by atoms with van der Waals surface area (Å²) in [6, 6.07) is 1.43. The second-order valence-corrected chi connectivity index (χ2v) is 3.37. The molecule has 2 N–H and O–H groups in total. The zero-order chi connectivity index (χ0) is 13.0. The van der Waals surface area contributed by atoms with Crippen LogP contribution in [0.5, 0.6) is 0 Å². The van der Waals surface area contributed by atoms with Crippen molar-refractivity contribution in [3.8, 4) is 0 Å². The van der Waals surface area contributed by atoms with E-state index in [4.69, 9.17) is 5.11 Å². The van der Waals surface area contributed by atoms with Crippen molar-refractivity contribution in [3.05, 3.63) is 29.9 Å². The highest BCUT2D eigenvalue weighted by atomic mass is 16.5. The lowest BCUT2D eigenvalue weighted by Crippen LogP contribution is -2.23. The van der Waals surface area contributed by atoms with Crippen LogP contribution in [0.15, 0.2) is 23.0 Å². The third-order valence-electron chi connectivity index (χ3n) is 1.98. The molecule has 0 radical (unpaired) electrons. The molecule has 0 saturated carbocycles. The van der Waals surface area contributed by atoms with Crippen molar-refractivity contribution < 1.29 is 19.2 Å². The van der Waals surface area contributed by atoms with Gasteiger partial charge >= 0.3 is 5.97 Å². The highest BCUT2D eigenvalue weighted by molar-refractivity contribution is 5.91. The van der Waals surface area contributed by atoms with Crippen LogP contribution in [0.1, 0.15) is 16.2 Å². The highest BCUT2D eigenvalue weighted by Crippen LogP contribution is 1.96. The largest absolute Gasteiger partial charge is 0.480 e. The van der Waals surface area contributed by atoms with Crippen molar-refractivity contribution in [1.82, 2.24) is 25.5 Å². The van der Waals surface area contributed by atoms with Crippen molar-refractivity contribution in [2.45, 2.75) is 13.1 Å². The average molecular weight is 251 g/mol. The fourth-order valence-electron chi connectivity index (χ4n) is 1.23. The molecule has 0 atom stereocenters. The van der Waals surface area contributed by atoms with Gasteiger partial charge in [0.05, 0.1) is 12.7 Å². The Balaban J connectivity index is 1.88. The number of carboxylic acids is 1. The molecule has 0 saturated heterocycles. The number of carboxylic acid groups (broad SMARTS) is 1. The number of nitrogens with one attached hydrogen (secondary N) is 1. The molecule has 9 nitrogen and oxygen atoms in total. The topological polar surface area (TPSA) is 123 Å². The van der Waals surface area contributed by atoms with Gasteiger partial charge in [-0.05, 0) is 0 Å². The summed E-state index contributed by atoms with van der Waals surface area (Å²) in [6.07, 6.45) is 2.73. The maximum Gasteiger partial charge on any atom is 0.325 e.